The van der Waals surface area contributed by atoms with Crippen LogP contribution in [0.15, 0.2) is 24.4 Å². The van der Waals surface area contributed by atoms with E-state index < -0.39 is 24.0 Å². The van der Waals surface area contributed by atoms with Gasteiger partial charge in [0.2, 0.25) is 0 Å². The molecular formula is C10H9BF4KN3O. The maximum Gasteiger partial charge on any atom is 1.00 e. The molecule has 102 valence electrons. The van der Waals surface area contributed by atoms with Crippen LogP contribution in [0.5, 0.6) is 5.75 Å². The molecule has 0 aliphatic carbocycles. The van der Waals surface area contributed by atoms with Crippen molar-refractivity contribution >= 4 is 12.4 Å². The molecule has 0 spiro atoms. The molecule has 0 aliphatic heterocycles. The van der Waals surface area contributed by atoms with E-state index in [0.29, 0.717) is 11.8 Å². The first-order valence-electron chi connectivity index (χ1n) is 5.33. The van der Waals surface area contributed by atoms with E-state index in [4.69, 9.17) is 4.74 Å². The number of hydrogen-bond acceptors (Lipinski definition) is 3. The molecule has 1 aromatic carbocycles. The third-order valence-corrected chi connectivity index (χ3v) is 2.35. The zero-order valence-electron chi connectivity index (χ0n) is 10.9. The molecule has 0 atom stereocenters. The molecule has 2 aromatic rings. The standard InChI is InChI=1S/C10H9BF4N3O.K/c1-18-5-8(16-17-18)6-19-10-3-2-7(12)4-9(10)11(13,14)15;/h2-5H,6H2,1H3;/q-1;+1. The van der Waals surface area contributed by atoms with Crippen molar-refractivity contribution < 1.29 is 73.5 Å². The van der Waals surface area contributed by atoms with Gasteiger partial charge in [-0.25, -0.2) is 4.39 Å². The first kappa shape index (κ1) is 17.6. The molecule has 0 radical (unpaired) electrons. The van der Waals surface area contributed by atoms with Gasteiger partial charge in [0.25, 0.3) is 0 Å². The Kier molecular flexibility index (Phi) is 6.20. The molecule has 20 heavy (non-hydrogen) atoms. The van der Waals surface area contributed by atoms with E-state index >= 15 is 0 Å². The summed E-state index contributed by atoms with van der Waals surface area (Å²) in [6, 6.07) is 2.29. The van der Waals surface area contributed by atoms with Crippen LogP contribution < -0.4 is 61.6 Å². The minimum atomic E-state index is -5.34. The first-order chi connectivity index (χ1) is 8.86. The number of halogens is 4. The summed E-state index contributed by atoms with van der Waals surface area (Å²) in [7, 11) is 1.62. The molecule has 0 aliphatic rings. The second kappa shape index (κ2) is 7.03. The molecule has 10 heteroatoms. The van der Waals surface area contributed by atoms with Crippen LogP contribution in [0.25, 0.3) is 0 Å². The number of hydrogen-bond donors (Lipinski definition) is 0. The Morgan fingerprint density at radius 2 is 2.00 bits per heavy atom. The fourth-order valence-electron chi connectivity index (χ4n) is 1.52. The van der Waals surface area contributed by atoms with E-state index in [1.54, 1.807) is 7.05 Å². The van der Waals surface area contributed by atoms with Gasteiger partial charge >= 0.3 is 58.4 Å². The third-order valence-electron chi connectivity index (χ3n) is 2.35. The number of aryl methyl sites for hydroxylation is 1. The minimum Gasteiger partial charge on any atom is -0.490 e. The fraction of sp³-hybridized carbons (Fsp3) is 0.200. The van der Waals surface area contributed by atoms with Crippen molar-refractivity contribution in [3.05, 3.63) is 35.9 Å². The van der Waals surface area contributed by atoms with Crippen molar-refractivity contribution in [3.63, 3.8) is 0 Å². The number of ether oxygens (including phenoxy) is 1. The largest absolute Gasteiger partial charge is 1.00 e. The van der Waals surface area contributed by atoms with Crippen LogP contribution in [-0.4, -0.2) is 22.0 Å². The third kappa shape index (κ3) is 4.55. The van der Waals surface area contributed by atoms with Crippen molar-refractivity contribution in [1.29, 1.82) is 0 Å². The first-order valence-corrected chi connectivity index (χ1v) is 5.33. The number of rotatable bonds is 4. The molecule has 0 saturated heterocycles. The van der Waals surface area contributed by atoms with Gasteiger partial charge in [-0.05, 0) is 18.2 Å². The van der Waals surface area contributed by atoms with E-state index in [1.165, 1.54) is 10.9 Å². The summed E-state index contributed by atoms with van der Waals surface area (Å²) >= 11 is 0. The molecule has 0 unspecified atom stereocenters. The van der Waals surface area contributed by atoms with Crippen LogP contribution in [-0.2, 0) is 13.7 Å². The average molecular weight is 313 g/mol. The fourth-order valence-corrected chi connectivity index (χ4v) is 1.52. The molecule has 4 nitrogen and oxygen atoms in total. The van der Waals surface area contributed by atoms with Gasteiger partial charge < -0.3 is 17.7 Å². The zero-order chi connectivity index (χ0) is 14.0. The van der Waals surface area contributed by atoms with Crippen molar-refractivity contribution in [2.24, 2.45) is 7.05 Å². The van der Waals surface area contributed by atoms with Gasteiger partial charge in [0.15, 0.2) is 0 Å². The van der Waals surface area contributed by atoms with Crippen molar-refractivity contribution in [2.75, 3.05) is 0 Å². The molecule has 1 heterocycles. The molecule has 2 rings (SSSR count). The predicted molar refractivity (Wildman–Crippen MR) is 60.4 cm³/mol. The molecule has 1 aromatic heterocycles. The van der Waals surface area contributed by atoms with Gasteiger partial charge in [-0.3, -0.25) is 4.68 Å². The number of benzene rings is 1. The normalized spacial score (nSPS) is 11.1. The Balaban J connectivity index is 0.00000200. The Hall–Kier alpha value is -0.419. The molecule has 0 N–H and O–H groups in total. The van der Waals surface area contributed by atoms with E-state index in [1.807, 2.05) is 0 Å². The average Bonchev–Trinajstić information content (AvgIpc) is 2.72. The number of nitrogens with zero attached hydrogens (tertiary/aromatic N) is 3. The van der Waals surface area contributed by atoms with Gasteiger partial charge in [-0.2, -0.15) is 0 Å². The van der Waals surface area contributed by atoms with Crippen molar-refractivity contribution in [3.8, 4) is 5.75 Å². The minimum absolute atomic E-state index is 0. The van der Waals surface area contributed by atoms with Crippen LogP contribution in [0.1, 0.15) is 5.69 Å². The van der Waals surface area contributed by atoms with Gasteiger partial charge in [-0.1, -0.05) is 10.7 Å². The Morgan fingerprint density at radius 3 is 2.55 bits per heavy atom. The summed E-state index contributed by atoms with van der Waals surface area (Å²) < 4.78 is 57.5. The van der Waals surface area contributed by atoms with Crippen LogP contribution >= 0.6 is 0 Å². The maximum absolute atomic E-state index is 12.9. The summed E-state index contributed by atoms with van der Waals surface area (Å²) in [5, 5.41) is 7.30. The second-order valence-corrected chi connectivity index (χ2v) is 3.93. The smallest absolute Gasteiger partial charge is 0.490 e. The van der Waals surface area contributed by atoms with E-state index in [2.05, 4.69) is 10.3 Å². The van der Waals surface area contributed by atoms with E-state index in [-0.39, 0.29) is 58.0 Å². The van der Waals surface area contributed by atoms with Crippen LogP contribution in [0.3, 0.4) is 0 Å². The van der Waals surface area contributed by atoms with Gasteiger partial charge in [0, 0.05) is 7.05 Å². The molecule has 0 bridgehead atoms. The van der Waals surface area contributed by atoms with Gasteiger partial charge in [0.05, 0.1) is 11.9 Å². The summed E-state index contributed by atoms with van der Waals surface area (Å²) in [6.07, 6.45) is 1.52. The second-order valence-electron chi connectivity index (χ2n) is 3.93. The Bertz CT molecular complexity index is 590. The summed E-state index contributed by atoms with van der Waals surface area (Å²) in [5.41, 5.74) is -0.712. The van der Waals surface area contributed by atoms with E-state index in [9.17, 15) is 17.3 Å². The number of aromatic nitrogens is 3. The topological polar surface area (TPSA) is 39.9 Å². The van der Waals surface area contributed by atoms with Crippen molar-refractivity contribution in [2.45, 2.75) is 6.61 Å². The van der Waals surface area contributed by atoms with Gasteiger partial charge in [0.1, 0.15) is 18.1 Å². The molecule has 0 amide bonds. The zero-order valence-corrected chi connectivity index (χ0v) is 14.0. The Morgan fingerprint density at radius 1 is 1.30 bits per heavy atom. The van der Waals surface area contributed by atoms with Crippen molar-refractivity contribution in [1.82, 2.24) is 15.0 Å². The molecular weight excluding hydrogens is 304 g/mol. The summed E-state index contributed by atoms with van der Waals surface area (Å²) in [4.78, 5) is 0. The summed E-state index contributed by atoms with van der Waals surface area (Å²) in [5.74, 6) is -1.37. The monoisotopic (exact) mass is 313 g/mol. The van der Waals surface area contributed by atoms with Crippen LogP contribution in [0.2, 0.25) is 0 Å². The molecule has 0 saturated carbocycles. The van der Waals surface area contributed by atoms with Crippen LogP contribution in [0, 0.1) is 5.82 Å². The van der Waals surface area contributed by atoms with Gasteiger partial charge in [-0.15, -0.1) is 5.10 Å². The molecule has 0 fully saturated rings. The SMILES string of the molecule is Cn1cc(COc2ccc(F)cc2[B-](F)(F)F)nn1.[K+]. The maximum atomic E-state index is 12.9. The van der Waals surface area contributed by atoms with E-state index in [0.717, 1.165) is 12.1 Å². The van der Waals surface area contributed by atoms with Crippen LogP contribution in [0.4, 0.5) is 17.3 Å². The summed E-state index contributed by atoms with van der Waals surface area (Å²) in [6.45, 7) is -5.51. The Labute approximate surface area is 155 Å². The quantitative estimate of drug-likeness (QED) is 0.514. The predicted octanol–water partition coefficient (Wildman–Crippen LogP) is -1.41.